The molecule has 2 heterocycles. The van der Waals surface area contributed by atoms with Gasteiger partial charge in [-0.2, -0.15) is 0 Å². The standard InChI is InChI=1S/C26H31N3O3/c1-3-27-24(30)17-32-21-8-4-6-19(14-21)23-15-20(10-13-28-23)26(2)11-5-7-18-9-12-29-25(31)22(18)16-26/h4,6,8,10,13-15H,3,5,7,9,11-12,16-17H2,1-2H3,(H,27,30)(H,29,31). The van der Waals surface area contributed by atoms with E-state index in [-0.39, 0.29) is 23.8 Å². The second-order valence-corrected chi connectivity index (χ2v) is 8.88. The third-order valence-electron chi connectivity index (χ3n) is 6.52. The van der Waals surface area contributed by atoms with Crippen molar-refractivity contribution >= 4 is 11.8 Å². The van der Waals surface area contributed by atoms with Gasteiger partial charge >= 0.3 is 0 Å². The summed E-state index contributed by atoms with van der Waals surface area (Å²) >= 11 is 0. The van der Waals surface area contributed by atoms with Gasteiger partial charge in [-0.1, -0.05) is 24.6 Å². The number of nitrogens with one attached hydrogen (secondary N) is 2. The van der Waals surface area contributed by atoms with Crippen LogP contribution in [0, 0.1) is 0 Å². The summed E-state index contributed by atoms with van der Waals surface area (Å²) in [7, 11) is 0. The fraction of sp³-hybridized carbons (Fsp3) is 0.423. The predicted molar refractivity (Wildman–Crippen MR) is 124 cm³/mol. The number of hydrogen-bond acceptors (Lipinski definition) is 4. The summed E-state index contributed by atoms with van der Waals surface area (Å²) < 4.78 is 5.65. The van der Waals surface area contributed by atoms with Crippen LogP contribution in [-0.2, 0) is 15.0 Å². The number of ether oxygens (including phenoxy) is 1. The first-order valence-corrected chi connectivity index (χ1v) is 11.4. The third kappa shape index (κ3) is 4.85. The fourth-order valence-corrected chi connectivity index (χ4v) is 4.75. The van der Waals surface area contributed by atoms with E-state index in [0.29, 0.717) is 12.3 Å². The zero-order valence-electron chi connectivity index (χ0n) is 18.9. The number of aromatic nitrogens is 1. The van der Waals surface area contributed by atoms with Gasteiger partial charge in [0.25, 0.3) is 5.91 Å². The summed E-state index contributed by atoms with van der Waals surface area (Å²) in [6.07, 6.45) is 6.71. The first-order chi connectivity index (χ1) is 15.5. The zero-order valence-corrected chi connectivity index (χ0v) is 18.9. The van der Waals surface area contributed by atoms with Crippen LogP contribution in [-0.4, -0.2) is 36.5 Å². The summed E-state index contributed by atoms with van der Waals surface area (Å²) in [6, 6.07) is 11.9. The molecule has 1 aromatic heterocycles. The molecule has 1 aromatic carbocycles. The van der Waals surface area contributed by atoms with Crippen LogP contribution in [0.2, 0.25) is 0 Å². The molecule has 2 aromatic rings. The second-order valence-electron chi connectivity index (χ2n) is 8.88. The first kappa shape index (κ1) is 22.1. The van der Waals surface area contributed by atoms with E-state index < -0.39 is 0 Å². The zero-order chi connectivity index (χ0) is 22.6. The van der Waals surface area contributed by atoms with Gasteiger partial charge in [0.15, 0.2) is 6.61 Å². The van der Waals surface area contributed by atoms with E-state index in [1.54, 1.807) is 0 Å². The SMILES string of the molecule is CCNC(=O)COc1cccc(-c2cc(C3(C)CCCC4=C(C3)C(=O)NCC4)ccn2)c1. The first-order valence-electron chi connectivity index (χ1n) is 11.4. The van der Waals surface area contributed by atoms with Crippen LogP contribution in [0.4, 0.5) is 0 Å². The van der Waals surface area contributed by atoms with Crippen molar-refractivity contribution in [1.29, 1.82) is 0 Å². The summed E-state index contributed by atoms with van der Waals surface area (Å²) in [6.45, 7) is 5.46. The molecule has 32 heavy (non-hydrogen) atoms. The van der Waals surface area contributed by atoms with E-state index in [4.69, 9.17) is 4.74 Å². The van der Waals surface area contributed by atoms with Crippen LogP contribution in [0.1, 0.15) is 51.5 Å². The van der Waals surface area contributed by atoms with E-state index in [9.17, 15) is 9.59 Å². The molecular weight excluding hydrogens is 402 g/mol. The molecule has 2 aliphatic rings. The van der Waals surface area contributed by atoms with Crippen LogP contribution in [0.5, 0.6) is 5.75 Å². The van der Waals surface area contributed by atoms with Crippen molar-refractivity contribution in [2.45, 2.75) is 51.4 Å². The number of rotatable bonds is 6. The molecule has 0 radical (unpaired) electrons. The molecule has 1 unspecified atom stereocenters. The molecule has 2 amide bonds. The quantitative estimate of drug-likeness (QED) is 0.724. The molecule has 6 heteroatoms. The van der Waals surface area contributed by atoms with Gasteiger partial charge in [-0.05, 0) is 74.3 Å². The number of nitrogens with zero attached hydrogens (tertiary/aromatic N) is 1. The average Bonchev–Trinajstić information content (AvgIpc) is 2.98. The largest absolute Gasteiger partial charge is 0.484 e. The molecule has 0 saturated carbocycles. The third-order valence-corrected chi connectivity index (χ3v) is 6.52. The highest BCUT2D eigenvalue weighted by atomic mass is 16.5. The molecule has 0 fully saturated rings. The summed E-state index contributed by atoms with van der Waals surface area (Å²) in [5.74, 6) is 0.598. The molecular formula is C26H31N3O3. The summed E-state index contributed by atoms with van der Waals surface area (Å²) in [5, 5.41) is 5.75. The highest BCUT2D eigenvalue weighted by molar-refractivity contribution is 5.95. The van der Waals surface area contributed by atoms with Gasteiger partial charge in [0, 0.05) is 30.4 Å². The van der Waals surface area contributed by atoms with E-state index in [1.165, 1.54) is 11.1 Å². The Labute approximate surface area is 189 Å². The molecule has 1 atom stereocenters. The molecule has 1 aliphatic heterocycles. The minimum absolute atomic E-state index is 0.0116. The van der Waals surface area contributed by atoms with E-state index in [2.05, 4.69) is 34.7 Å². The molecule has 1 aliphatic carbocycles. The topological polar surface area (TPSA) is 80.3 Å². The van der Waals surface area contributed by atoms with Gasteiger partial charge in [-0.3, -0.25) is 14.6 Å². The molecule has 2 N–H and O–H groups in total. The number of hydrogen-bond donors (Lipinski definition) is 2. The van der Waals surface area contributed by atoms with Crippen molar-refractivity contribution < 1.29 is 14.3 Å². The van der Waals surface area contributed by atoms with Crippen LogP contribution in [0.3, 0.4) is 0 Å². The average molecular weight is 434 g/mol. The van der Waals surface area contributed by atoms with E-state index >= 15 is 0 Å². The fourth-order valence-electron chi connectivity index (χ4n) is 4.75. The van der Waals surface area contributed by atoms with Crippen molar-refractivity contribution in [3.63, 3.8) is 0 Å². The maximum Gasteiger partial charge on any atom is 0.257 e. The minimum Gasteiger partial charge on any atom is -0.484 e. The maximum absolute atomic E-state index is 12.6. The lowest BCUT2D eigenvalue weighted by Crippen LogP contribution is -2.34. The Kier molecular flexibility index (Phi) is 6.58. The number of carbonyl (C=O) groups is 2. The van der Waals surface area contributed by atoms with Gasteiger partial charge in [-0.25, -0.2) is 0 Å². The van der Waals surface area contributed by atoms with Crippen molar-refractivity contribution in [1.82, 2.24) is 15.6 Å². The molecule has 0 saturated heterocycles. The van der Waals surface area contributed by atoms with Crippen LogP contribution in [0.25, 0.3) is 11.3 Å². The van der Waals surface area contributed by atoms with E-state index in [1.807, 2.05) is 37.4 Å². The smallest absolute Gasteiger partial charge is 0.257 e. The van der Waals surface area contributed by atoms with Gasteiger partial charge in [0.1, 0.15) is 5.75 Å². The molecule has 0 bridgehead atoms. The normalized spacial score (nSPS) is 20.8. The molecule has 0 spiro atoms. The van der Waals surface area contributed by atoms with Crippen LogP contribution >= 0.6 is 0 Å². The Bertz CT molecular complexity index is 1050. The summed E-state index contributed by atoms with van der Waals surface area (Å²) in [4.78, 5) is 28.8. The van der Waals surface area contributed by atoms with Crippen molar-refractivity contribution in [2.24, 2.45) is 0 Å². The second kappa shape index (κ2) is 9.55. The van der Waals surface area contributed by atoms with Gasteiger partial charge in [0.05, 0.1) is 5.69 Å². The Morgan fingerprint density at radius 2 is 2.12 bits per heavy atom. The van der Waals surface area contributed by atoms with Crippen molar-refractivity contribution in [2.75, 3.05) is 19.7 Å². The Balaban J connectivity index is 1.57. The Hall–Kier alpha value is -3.15. The molecule has 168 valence electrons. The van der Waals surface area contributed by atoms with Crippen LogP contribution in [0.15, 0.2) is 53.7 Å². The molecule has 6 nitrogen and oxygen atoms in total. The van der Waals surface area contributed by atoms with Crippen molar-refractivity contribution in [3.05, 3.63) is 59.3 Å². The maximum atomic E-state index is 12.6. The molecule has 4 rings (SSSR count). The monoisotopic (exact) mass is 433 g/mol. The summed E-state index contributed by atoms with van der Waals surface area (Å²) in [5.41, 5.74) is 5.20. The predicted octanol–water partition coefficient (Wildman–Crippen LogP) is 3.91. The van der Waals surface area contributed by atoms with Gasteiger partial charge in [-0.15, -0.1) is 0 Å². The van der Waals surface area contributed by atoms with Crippen molar-refractivity contribution in [3.8, 4) is 17.0 Å². The number of likely N-dealkylation sites (N-methyl/N-ethyl adjacent to an activating group) is 1. The number of carbonyl (C=O) groups excluding carboxylic acids is 2. The van der Waals surface area contributed by atoms with Gasteiger partial charge in [0.2, 0.25) is 5.91 Å². The lowest BCUT2D eigenvalue weighted by molar-refractivity contribution is -0.123. The Morgan fingerprint density at radius 1 is 1.25 bits per heavy atom. The number of benzene rings is 1. The minimum atomic E-state index is -0.139. The lowest BCUT2D eigenvalue weighted by Gasteiger charge is -2.31. The highest BCUT2D eigenvalue weighted by Crippen LogP contribution is 2.42. The van der Waals surface area contributed by atoms with Gasteiger partial charge < -0.3 is 15.4 Å². The van der Waals surface area contributed by atoms with Crippen LogP contribution < -0.4 is 15.4 Å². The lowest BCUT2D eigenvalue weighted by atomic mass is 9.74. The number of amides is 2. The highest BCUT2D eigenvalue weighted by Gasteiger charge is 2.34. The Morgan fingerprint density at radius 3 is 2.97 bits per heavy atom. The van der Waals surface area contributed by atoms with E-state index in [0.717, 1.165) is 55.5 Å². The number of pyridine rings is 1.